The van der Waals surface area contributed by atoms with Gasteiger partial charge in [0.05, 0.1) is 4.34 Å². The molecule has 0 aromatic carbocycles. The van der Waals surface area contributed by atoms with Gasteiger partial charge in [-0.05, 0) is 18.9 Å². The summed E-state index contributed by atoms with van der Waals surface area (Å²) < 4.78 is 27.5. The van der Waals surface area contributed by atoms with Crippen molar-refractivity contribution in [1.29, 1.82) is 0 Å². The molecule has 1 aliphatic carbocycles. The number of carboxylic acid groups (broad SMARTS) is 1. The third kappa shape index (κ3) is 3.71. The molecule has 1 saturated carbocycles. The number of hydrogen-bond acceptors (Lipinski definition) is 4. The van der Waals surface area contributed by atoms with Crippen molar-refractivity contribution in [3.63, 3.8) is 0 Å². The van der Waals surface area contributed by atoms with Gasteiger partial charge in [0.25, 0.3) is 0 Å². The maximum Gasteiger partial charge on any atom is 0.324 e. The molecule has 21 heavy (non-hydrogen) atoms. The van der Waals surface area contributed by atoms with Crippen LogP contribution in [-0.4, -0.2) is 25.0 Å². The molecular formula is C12H15Cl2NO4S2. The van der Waals surface area contributed by atoms with Gasteiger partial charge in [-0.1, -0.05) is 48.9 Å². The second-order valence-electron chi connectivity index (χ2n) is 5.10. The normalized spacial score (nSPS) is 19.1. The Balaban J connectivity index is 2.36. The molecule has 1 fully saturated rings. The van der Waals surface area contributed by atoms with E-state index in [2.05, 4.69) is 4.72 Å². The third-order valence-corrected chi connectivity index (χ3v) is 6.90. The lowest BCUT2D eigenvalue weighted by Gasteiger charge is -2.28. The molecule has 1 aromatic heterocycles. The Morgan fingerprint density at radius 3 is 2.24 bits per heavy atom. The van der Waals surface area contributed by atoms with Crippen molar-refractivity contribution < 1.29 is 18.3 Å². The number of halogens is 2. The Kier molecular flexibility index (Phi) is 5.20. The van der Waals surface area contributed by atoms with Gasteiger partial charge in [0.2, 0.25) is 10.0 Å². The van der Waals surface area contributed by atoms with Crippen LogP contribution in [0.1, 0.15) is 38.5 Å². The highest BCUT2D eigenvalue weighted by Crippen LogP contribution is 2.36. The number of rotatable bonds is 4. The molecule has 0 aliphatic heterocycles. The predicted octanol–water partition coefficient (Wildman–Crippen LogP) is 3.51. The molecule has 1 aliphatic rings. The summed E-state index contributed by atoms with van der Waals surface area (Å²) in [5.41, 5.74) is -1.47. The molecule has 0 spiro atoms. The molecule has 0 radical (unpaired) electrons. The fourth-order valence-corrected chi connectivity index (χ4v) is 6.08. The molecule has 0 unspecified atom stereocenters. The highest BCUT2D eigenvalue weighted by molar-refractivity contribution is 7.90. The lowest BCUT2D eigenvalue weighted by atomic mass is 9.92. The quantitative estimate of drug-likeness (QED) is 0.793. The second kappa shape index (κ2) is 6.42. The van der Waals surface area contributed by atoms with Crippen LogP contribution in [0.3, 0.4) is 0 Å². The smallest absolute Gasteiger partial charge is 0.324 e. The number of hydrogen-bond donors (Lipinski definition) is 2. The van der Waals surface area contributed by atoms with Crippen molar-refractivity contribution in [2.75, 3.05) is 0 Å². The number of thiophene rings is 1. The van der Waals surface area contributed by atoms with Crippen LogP contribution in [-0.2, 0) is 14.8 Å². The van der Waals surface area contributed by atoms with Gasteiger partial charge in [-0.25, -0.2) is 8.42 Å². The largest absolute Gasteiger partial charge is 0.480 e. The van der Waals surface area contributed by atoms with Crippen LogP contribution in [0.4, 0.5) is 0 Å². The highest BCUT2D eigenvalue weighted by atomic mass is 35.5. The predicted molar refractivity (Wildman–Crippen MR) is 82.7 cm³/mol. The first-order valence-corrected chi connectivity index (χ1v) is 9.55. The van der Waals surface area contributed by atoms with Crippen molar-refractivity contribution in [3.05, 3.63) is 14.7 Å². The first-order chi connectivity index (χ1) is 9.77. The second-order valence-corrected chi connectivity index (χ2v) is 9.03. The molecule has 2 rings (SSSR count). The van der Waals surface area contributed by atoms with Gasteiger partial charge < -0.3 is 5.11 Å². The lowest BCUT2D eigenvalue weighted by Crippen LogP contribution is -2.54. The van der Waals surface area contributed by atoms with E-state index in [-0.39, 0.29) is 26.4 Å². The van der Waals surface area contributed by atoms with Crippen LogP contribution < -0.4 is 4.72 Å². The molecule has 0 amide bonds. The van der Waals surface area contributed by atoms with Crippen molar-refractivity contribution in [2.45, 2.75) is 49.0 Å². The number of carboxylic acids is 1. The zero-order valence-electron chi connectivity index (χ0n) is 11.1. The zero-order valence-corrected chi connectivity index (χ0v) is 14.2. The SMILES string of the molecule is O=C(O)C1(NS(=O)(=O)c2cc(Cl)sc2Cl)CCCCCC1. The topological polar surface area (TPSA) is 83.5 Å². The Labute approximate surface area is 137 Å². The molecular weight excluding hydrogens is 357 g/mol. The van der Waals surface area contributed by atoms with E-state index < -0.39 is 21.5 Å². The van der Waals surface area contributed by atoms with E-state index in [0.717, 1.165) is 24.2 Å². The summed E-state index contributed by atoms with van der Waals surface area (Å²) in [5.74, 6) is -1.15. The van der Waals surface area contributed by atoms with Crippen LogP contribution in [0.5, 0.6) is 0 Å². The van der Waals surface area contributed by atoms with Gasteiger partial charge >= 0.3 is 5.97 Å². The first kappa shape index (κ1) is 17.0. The van der Waals surface area contributed by atoms with Gasteiger partial charge in [-0.2, -0.15) is 4.72 Å². The molecule has 9 heteroatoms. The summed E-state index contributed by atoms with van der Waals surface area (Å²) >= 11 is 12.6. The Morgan fingerprint density at radius 1 is 1.24 bits per heavy atom. The van der Waals surface area contributed by atoms with Gasteiger partial charge in [0.1, 0.15) is 14.8 Å². The minimum absolute atomic E-state index is 0.0293. The summed E-state index contributed by atoms with van der Waals surface area (Å²) in [6, 6.07) is 1.24. The molecule has 0 atom stereocenters. The number of sulfonamides is 1. The molecule has 1 heterocycles. The van der Waals surface area contributed by atoms with E-state index in [9.17, 15) is 18.3 Å². The van der Waals surface area contributed by atoms with Crippen LogP contribution in [0.25, 0.3) is 0 Å². The van der Waals surface area contributed by atoms with Gasteiger partial charge in [-0.3, -0.25) is 4.79 Å². The summed E-state index contributed by atoms with van der Waals surface area (Å²) in [4.78, 5) is 11.5. The van der Waals surface area contributed by atoms with E-state index in [1.807, 2.05) is 0 Å². The molecule has 1 aromatic rings. The van der Waals surface area contributed by atoms with Crippen LogP contribution >= 0.6 is 34.5 Å². The summed E-state index contributed by atoms with van der Waals surface area (Å²) in [5, 5.41) is 9.52. The molecule has 0 bridgehead atoms. The monoisotopic (exact) mass is 371 g/mol. The van der Waals surface area contributed by atoms with Crippen molar-refractivity contribution in [1.82, 2.24) is 4.72 Å². The molecule has 5 nitrogen and oxygen atoms in total. The maximum atomic E-state index is 12.4. The van der Waals surface area contributed by atoms with Crippen LogP contribution in [0.2, 0.25) is 8.67 Å². The number of nitrogens with one attached hydrogen (secondary N) is 1. The van der Waals surface area contributed by atoms with E-state index in [0.29, 0.717) is 12.8 Å². The average Bonchev–Trinajstić information content (AvgIpc) is 2.60. The van der Waals surface area contributed by atoms with E-state index in [1.54, 1.807) is 0 Å². The maximum absolute atomic E-state index is 12.4. The summed E-state index contributed by atoms with van der Waals surface area (Å²) in [6.07, 6.45) is 3.71. The highest BCUT2D eigenvalue weighted by Gasteiger charge is 2.43. The lowest BCUT2D eigenvalue weighted by molar-refractivity contribution is -0.144. The van der Waals surface area contributed by atoms with E-state index >= 15 is 0 Å². The third-order valence-electron chi connectivity index (χ3n) is 3.61. The standard InChI is InChI=1S/C12H15Cl2NO4S2/c13-9-7-8(10(14)20-9)21(18,19)15-12(11(16)17)5-3-1-2-4-6-12/h7,15H,1-6H2,(H,16,17). The molecule has 2 N–H and O–H groups in total. The fourth-order valence-electron chi connectivity index (χ4n) is 2.51. The van der Waals surface area contributed by atoms with Gasteiger partial charge in [-0.15, -0.1) is 11.3 Å². The van der Waals surface area contributed by atoms with Crippen LogP contribution in [0.15, 0.2) is 11.0 Å². The van der Waals surface area contributed by atoms with Gasteiger partial charge in [0, 0.05) is 0 Å². The first-order valence-electron chi connectivity index (χ1n) is 6.49. The van der Waals surface area contributed by atoms with Crippen molar-refractivity contribution >= 4 is 50.5 Å². The van der Waals surface area contributed by atoms with E-state index in [4.69, 9.17) is 23.2 Å². The van der Waals surface area contributed by atoms with Crippen LogP contribution in [0, 0.1) is 0 Å². The number of aliphatic carboxylic acids is 1. The minimum atomic E-state index is -4.03. The summed E-state index contributed by atoms with van der Waals surface area (Å²) in [7, 11) is -4.03. The minimum Gasteiger partial charge on any atom is -0.480 e. The molecule has 0 saturated heterocycles. The van der Waals surface area contributed by atoms with Crippen molar-refractivity contribution in [2.24, 2.45) is 0 Å². The summed E-state index contributed by atoms with van der Waals surface area (Å²) in [6.45, 7) is 0. The fraction of sp³-hybridized carbons (Fsp3) is 0.583. The average molecular weight is 372 g/mol. The number of carbonyl (C=O) groups is 1. The molecule has 118 valence electrons. The Hall–Kier alpha value is -0.340. The van der Waals surface area contributed by atoms with Crippen molar-refractivity contribution in [3.8, 4) is 0 Å². The Bertz CT molecular complexity index is 634. The Morgan fingerprint density at radius 2 is 1.81 bits per heavy atom. The van der Waals surface area contributed by atoms with Gasteiger partial charge in [0.15, 0.2) is 0 Å². The zero-order chi connectivity index (χ0) is 15.7. The van der Waals surface area contributed by atoms with E-state index in [1.165, 1.54) is 6.07 Å².